The minimum Gasteiger partial charge on any atom is -0.441 e. The third-order valence-corrected chi connectivity index (χ3v) is 3.36. The molecule has 0 saturated carbocycles. The van der Waals surface area contributed by atoms with E-state index < -0.39 is 0 Å². The summed E-state index contributed by atoms with van der Waals surface area (Å²) in [4.78, 5) is 4.51. The van der Waals surface area contributed by atoms with Gasteiger partial charge in [-0.1, -0.05) is 30.3 Å². The van der Waals surface area contributed by atoms with Crippen LogP contribution < -0.4 is 0 Å². The molecule has 3 nitrogen and oxygen atoms in total. The van der Waals surface area contributed by atoms with Crippen molar-refractivity contribution >= 4 is 10.8 Å². The van der Waals surface area contributed by atoms with Crippen LogP contribution in [0, 0.1) is 18.3 Å². The van der Waals surface area contributed by atoms with Crippen molar-refractivity contribution in [2.45, 2.75) is 19.8 Å². The molecule has 20 heavy (non-hydrogen) atoms. The molecule has 3 aromatic rings. The van der Waals surface area contributed by atoms with Crippen LogP contribution in [0.2, 0.25) is 0 Å². The number of oxazole rings is 1. The van der Waals surface area contributed by atoms with Gasteiger partial charge in [0.1, 0.15) is 5.76 Å². The van der Waals surface area contributed by atoms with Crippen molar-refractivity contribution in [2.75, 3.05) is 0 Å². The molecular formula is C17H14N2O. The highest BCUT2D eigenvalue weighted by Gasteiger charge is 2.11. The molecule has 1 aromatic heterocycles. The van der Waals surface area contributed by atoms with Gasteiger partial charge in [0, 0.05) is 18.4 Å². The molecule has 0 bridgehead atoms. The molecule has 0 N–H and O–H groups in total. The number of aryl methyl sites for hydroxylation is 2. The van der Waals surface area contributed by atoms with E-state index in [0.29, 0.717) is 18.7 Å². The zero-order chi connectivity index (χ0) is 13.9. The van der Waals surface area contributed by atoms with Gasteiger partial charge >= 0.3 is 0 Å². The first kappa shape index (κ1) is 12.4. The number of fused-ring (bicyclic) bond motifs is 1. The second kappa shape index (κ2) is 5.18. The van der Waals surface area contributed by atoms with Gasteiger partial charge in [-0.2, -0.15) is 5.26 Å². The number of hydrogen-bond donors (Lipinski definition) is 0. The van der Waals surface area contributed by atoms with E-state index >= 15 is 0 Å². The molecule has 0 fully saturated rings. The molecule has 0 amide bonds. The summed E-state index contributed by atoms with van der Waals surface area (Å²) in [6, 6.07) is 16.5. The van der Waals surface area contributed by atoms with E-state index in [1.807, 2.05) is 25.1 Å². The third kappa shape index (κ3) is 2.28. The minimum absolute atomic E-state index is 0.463. The maximum absolute atomic E-state index is 8.65. The zero-order valence-electron chi connectivity index (χ0n) is 11.3. The van der Waals surface area contributed by atoms with Crippen LogP contribution in [0.1, 0.15) is 17.9 Å². The SMILES string of the molecule is Cc1oc(-c2ccc3ccccc3c2)nc1CCC#N. The van der Waals surface area contributed by atoms with Gasteiger partial charge in [-0.3, -0.25) is 0 Å². The van der Waals surface area contributed by atoms with Crippen molar-refractivity contribution in [1.29, 1.82) is 5.26 Å². The summed E-state index contributed by atoms with van der Waals surface area (Å²) in [5.74, 6) is 1.42. The number of nitriles is 1. The van der Waals surface area contributed by atoms with Crippen LogP contribution >= 0.6 is 0 Å². The molecule has 0 aliphatic rings. The second-order valence-electron chi connectivity index (χ2n) is 4.74. The van der Waals surface area contributed by atoms with Crippen molar-refractivity contribution < 1.29 is 4.42 Å². The van der Waals surface area contributed by atoms with Crippen LogP contribution in [0.15, 0.2) is 46.9 Å². The van der Waals surface area contributed by atoms with Crippen molar-refractivity contribution in [1.82, 2.24) is 4.98 Å². The van der Waals surface area contributed by atoms with Crippen LogP contribution in [0.3, 0.4) is 0 Å². The lowest BCUT2D eigenvalue weighted by molar-refractivity contribution is 0.539. The molecule has 3 heteroatoms. The topological polar surface area (TPSA) is 49.8 Å². The van der Waals surface area contributed by atoms with Gasteiger partial charge in [0.2, 0.25) is 5.89 Å². The molecule has 0 spiro atoms. The standard InChI is InChI=1S/C17H14N2O/c1-12-16(7-4-10-18)19-17(20-12)15-9-8-13-5-2-3-6-14(13)11-15/h2-3,5-6,8-9,11H,4,7H2,1H3. The van der Waals surface area contributed by atoms with Crippen molar-refractivity contribution in [2.24, 2.45) is 0 Å². The first-order valence-corrected chi connectivity index (χ1v) is 6.60. The van der Waals surface area contributed by atoms with Crippen LogP contribution in [-0.2, 0) is 6.42 Å². The summed E-state index contributed by atoms with van der Waals surface area (Å²) in [6.07, 6.45) is 1.10. The van der Waals surface area contributed by atoms with Crippen LogP contribution in [0.4, 0.5) is 0 Å². The Labute approximate surface area is 117 Å². The monoisotopic (exact) mass is 262 g/mol. The lowest BCUT2D eigenvalue weighted by atomic mass is 10.1. The second-order valence-corrected chi connectivity index (χ2v) is 4.74. The van der Waals surface area contributed by atoms with E-state index in [2.05, 4.69) is 35.3 Å². The Bertz CT molecular complexity index is 796. The van der Waals surface area contributed by atoms with Crippen molar-refractivity contribution in [3.63, 3.8) is 0 Å². The highest BCUT2D eigenvalue weighted by atomic mass is 16.4. The maximum atomic E-state index is 8.65. The average Bonchev–Trinajstić information content (AvgIpc) is 2.86. The zero-order valence-corrected chi connectivity index (χ0v) is 11.3. The summed E-state index contributed by atoms with van der Waals surface area (Å²) in [5, 5.41) is 11.0. The van der Waals surface area contributed by atoms with Crippen LogP contribution in [-0.4, -0.2) is 4.98 Å². The number of nitrogens with zero attached hydrogens (tertiary/aromatic N) is 2. The molecule has 0 atom stereocenters. The molecule has 98 valence electrons. The summed E-state index contributed by atoms with van der Waals surface area (Å²) < 4.78 is 5.73. The van der Waals surface area contributed by atoms with Gasteiger partial charge < -0.3 is 4.42 Å². The van der Waals surface area contributed by atoms with Crippen molar-refractivity contribution in [3.8, 4) is 17.5 Å². The summed E-state index contributed by atoms with van der Waals surface area (Å²) >= 11 is 0. The molecular weight excluding hydrogens is 248 g/mol. The molecule has 0 radical (unpaired) electrons. The Morgan fingerprint density at radius 1 is 1.15 bits per heavy atom. The van der Waals surface area contributed by atoms with E-state index in [4.69, 9.17) is 9.68 Å². The summed E-state index contributed by atoms with van der Waals surface area (Å²) in [5.41, 5.74) is 1.84. The van der Waals surface area contributed by atoms with Gasteiger partial charge in [-0.25, -0.2) is 4.98 Å². The largest absolute Gasteiger partial charge is 0.441 e. The fourth-order valence-electron chi connectivity index (χ4n) is 2.28. The Kier molecular flexibility index (Phi) is 3.22. The van der Waals surface area contributed by atoms with E-state index in [1.54, 1.807) is 0 Å². The van der Waals surface area contributed by atoms with E-state index in [1.165, 1.54) is 10.8 Å². The van der Waals surface area contributed by atoms with E-state index in [9.17, 15) is 0 Å². The first-order valence-electron chi connectivity index (χ1n) is 6.60. The smallest absolute Gasteiger partial charge is 0.226 e. The first-order chi connectivity index (χ1) is 9.78. The van der Waals surface area contributed by atoms with Gasteiger partial charge in [0.05, 0.1) is 11.8 Å². The number of hydrogen-bond acceptors (Lipinski definition) is 3. The molecule has 1 heterocycles. The van der Waals surface area contributed by atoms with Gasteiger partial charge in [-0.15, -0.1) is 0 Å². The summed E-state index contributed by atoms with van der Waals surface area (Å²) in [7, 11) is 0. The molecule has 3 rings (SSSR count). The predicted octanol–water partition coefficient (Wildman–Crippen LogP) is 4.26. The molecule has 0 aliphatic heterocycles. The molecule has 2 aromatic carbocycles. The normalized spacial score (nSPS) is 10.6. The van der Waals surface area contributed by atoms with E-state index in [0.717, 1.165) is 17.0 Å². The molecule has 0 aliphatic carbocycles. The van der Waals surface area contributed by atoms with Crippen molar-refractivity contribution in [3.05, 3.63) is 53.9 Å². The lowest BCUT2D eigenvalue weighted by Gasteiger charge is -1.99. The number of benzene rings is 2. The average molecular weight is 262 g/mol. The Morgan fingerprint density at radius 3 is 2.75 bits per heavy atom. The number of rotatable bonds is 3. The Balaban J connectivity index is 2.00. The predicted molar refractivity (Wildman–Crippen MR) is 78.1 cm³/mol. The Morgan fingerprint density at radius 2 is 1.95 bits per heavy atom. The Hall–Kier alpha value is -2.60. The fraction of sp³-hybridized carbons (Fsp3) is 0.176. The number of aromatic nitrogens is 1. The van der Waals surface area contributed by atoms with Gasteiger partial charge in [-0.05, 0) is 29.8 Å². The van der Waals surface area contributed by atoms with Crippen LogP contribution in [0.5, 0.6) is 0 Å². The van der Waals surface area contributed by atoms with E-state index in [-0.39, 0.29) is 0 Å². The molecule has 0 saturated heterocycles. The lowest BCUT2D eigenvalue weighted by Crippen LogP contribution is -1.86. The van der Waals surface area contributed by atoms with Gasteiger partial charge in [0.15, 0.2) is 0 Å². The minimum atomic E-state index is 0.463. The highest BCUT2D eigenvalue weighted by molar-refractivity contribution is 5.86. The highest BCUT2D eigenvalue weighted by Crippen LogP contribution is 2.26. The van der Waals surface area contributed by atoms with Gasteiger partial charge in [0.25, 0.3) is 0 Å². The third-order valence-electron chi connectivity index (χ3n) is 3.36. The quantitative estimate of drug-likeness (QED) is 0.708. The summed E-state index contributed by atoms with van der Waals surface area (Å²) in [6.45, 7) is 1.89. The van der Waals surface area contributed by atoms with Crippen LogP contribution in [0.25, 0.3) is 22.2 Å². The maximum Gasteiger partial charge on any atom is 0.226 e. The fourth-order valence-corrected chi connectivity index (χ4v) is 2.28. The molecule has 0 unspecified atom stereocenters.